The third-order valence-corrected chi connectivity index (χ3v) is 8.19. The number of nitrogens with zero attached hydrogens (tertiary/aromatic N) is 3. The van der Waals surface area contributed by atoms with E-state index in [1.54, 1.807) is 18.2 Å². The normalized spacial score (nSPS) is 18.3. The number of carbonyl (C=O) groups excluding carboxylic acids is 1. The van der Waals surface area contributed by atoms with Gasteiger partial charge in [-0.3, -0.25) is 14.6 Å². The summed E-state index contributed by atoms with van der Waals surface area (Å²) in [7, 11) is 0. The van der Waals surface area contributed by atoms with Crippen molar-refractivity contribution in [2.24, 2.45) is 0 Å². The van der Waals surface area contributed by atoms with Gasteiger partial charge in [0.25, 0.3) is 5.91 Å². The Bertz CT molecular complexity index is 1090. The molecule has 1 atom stereocenters. The highest BCUT2D eigenvalue weighted by atomic mass is 35.5. The Kier molecular flexibility index (Phi) is 13.4. The van der Waals surface area contributed by atoms with Gasteiger partial charge in [0.1, 0.15) is 0 Å². The minimum Gasteiger partial charge on any atom is -0.333 e. The SMILES string of the molecule is Cc1ccc(C[C@@H]2CN(CC#CCN3CCSCC3)CCN2C(=O)c2cc(Cl)cc(Cl)c2)cc1C.Cl.Cl. The predicted molar refractivity (Wildman–Crippen MR) is 163 cm³/mol. The molecule has 1 amide bonds. The molecule has 0 aromatic heterocycles. The van der Waals surface area contributed by atoms with Crippen LogP contribution in [0.1, 0.15) is 27.0 Å². The third-order valence-electron chi connectivity index (χ3n) is 6.81. The Morgan fingerprint density at radius 1 is 0.892 bits per heavy atom. The summed E-state index contributed by atoms with van der Waals surface area (Å²) in [6, 6.07) is 11.7. The lowest BCUT2D eigenvalue weighted by atomic mass is 9.98. The number of amides is 1. The minimum atomic E-state index is -0.0167. The summed E-state index contributed by atoms with van der Waals surface area (Å²) in [4.78, 5) is 20.3. The molecule has 0 spiro atoms. The van der Waals surface area contributed by atoms with Gasteiger partial charge >= 0.3 is 0 Å². The van der Waals surface area contributed by atoms with Gasteiger partial charge in [-0.2, -0.15) is 11.8 Å². The van der Waals surface area contributed by atoms with Gasteiger partial charge in [0.2, 0.25) is 0 Å². The largest absolute Gasteiger partial charge is 0.333 e. The van der Waals surface area contributed by atoms with E-state index in [1.807, 2.05) is 16.7 Å². The fourth-order valence-corrected chi connectivity index (χ4v) is 6.15. The highest BCUT2D eigenvalue weighted by Crippen LogP contribution is 2.24. The van der Waals surface area contributed by atoms with Crippen LogP contribution < -0.4 is 0 Å². The van der Waals surface area contributed by atoms with Gasteiger partial charge in [-0.05, 0) is 55.2 Å². The minimum absolute atomic E-state index is 0. The van der Waals surface area contributed by atoms with E-state index in [-0.39, 0.29) is 36.8 Å². The molecule has 4 nitrogen and oxygen atoms in total. The van der Waals surface area contributed by atoms with E-state index < -0.39 is 0 Å². The zero-order valence-electron chi connectivity index (χ0n) is 21.3. The lowest BCUT2D eigenvalue weighted by Crippen LogP contribution is -2.56. The smallest absolute Gasteiger partial charge is 0.254 e. The Balaban J connectivity index is 0.00000241. The molecule has 0 saturated carbocycles. The van der Waals surface area contributed by atoms with Crippen molar-refractivity contribution >= 4 is 65.7 Å². The van der Waals surface area contributed by atoms with E-state index in [1.165, 1.54) is 28.2 Å². The molecule has 202 valence electrons. The van der Waals surface area contributed by atoms with E-state index in [9.17, 15) is 4.79 Å². The Morgan fingerprint density at radius 2 is 1.54 bits per heavy atom. The first kappa shape index (κ1) is 32.1. The average molecular weight is 603 g/mol. The van der Waals surface area contributed by atoms with E-state index in [4.69, 9.17) is 23.2 Å². The number of hydrogen-bond acceptors (Lipinski definition) is 4. The maximum atomic E-state index is 13.5. The molecule has 2 aromatic rings. The van der Waals surface area contributed by atoms with E-state index in [2.05, 4.69) is 53.7 Å². The Hall–Kier alpha value is -1.10. The molecule has 9 heteroatoms. The number of carbonyl (C=O) groups is 1. The van der Waals surface area contributed by atoms with Gasteiger partial charge in [0.05, 0.1) is 13.1 Å². The summed E-state index contributed by atoms with van der Waals surface area (Å²) in [6.45, 7) is 10.4. The molecule has 0 aliphatic carbocycles. The summed E-state index contributed by atoms with van der Waals surface area (Å²) in [5.41, 5.74) is 4.34. The molecular weight excluding hydrogens is 568 g/mol. The van der Waals surface area contributed by atoms with Crippen LogP contribution in [-0.2, 0) is 6.42 Å². The van der Waals surface area contributed by atoms with Crippen molar-refractivity contribution in [1.29, 1.82) is 0 Å². The van der Waals surface area contributed by atoms with Gasteiger partial charge < -0.3 is 4.90 Å². The van der Waals surface area contributed by atoms with Crippen LogP contribution in [0.4, 0.5) is 0 Å². The third kappa shape index (κ3) is 9.25. The first-order valence-corrected chi connectivity index (χ1v) is 14.1. The fourth-order valence-electron chi connectivity index (χ4n) is 4.65. The molecule has 0 N–H and O–H groups in total. The van der Waals surface area contributed by atoms with Crippen LogP contribution in [0.25, 0.3) is 0 Å². The molecule has 2 heterocycles. The molecule has 2 aromatic carbocycles. The van der Waals surface area contributed by atoms with Gasteiger partial charge in [-0.25, -0.2) is 0 Å². The van der Waals surface area contributed by atoms with E-state index >= 15 is 0 Å². The van der Waals surface area contributed by atoms with Crippen molar-refractivity contribution in [3.8, 4) is 11.8 Å². The molecule has 4 rings (SSSR count). The van der Waals surface area contributed by atoms with Crippen molar-refractivity contribution in [3.63, 3.8) is 0 Å². The van der Waals surface area contributed by atoms with Crippen molar-refractivity contribution in [1.82, 2.24) is 14.7 Å². The first-order valence-electron chi connectivity index (χ1n) is 12.2. The van der Waals surface area contributed by atoms with Crippen molar-refractivity contribution < 1.29 is 4.79 Å². The first-order chi connectivity index (χ1) is 16.9. The second kappa shape index (κ2) is 15.5. The van der Waals surface area contributed by atoms with Crippen LogP contribution >= 0.6 is 59.8 Å². The fraction of sp³-hybridized carbons (Fsp3) is 0.464. The second-order valence-corrected chi connectivity index (χ2v) is 11.5. The van der Waals surface area contributed by atoms with Crippen molar-refractivity contribution in [2.75, 3.05) is 57.3 Å². The average Bonchev–Trinajstić information content (AvgIpc) is 2.84. The van der Waals surface area contributed by atoms with Gasteiger partial charge in [0, 0.05) is 65.9 Å². The van der Waals surface area contributed by atoms with Crippen LogP contribution in [0.2, 0.25) is 10.0 Å². The maximum Gasteiger partial charge on any atom is 0.254 e. The number of benzene rings is 2. The van der Waals surface area contributed by atoms with Crippen LogP contribution in [0.5, 0.6) is 0 Å². The van der Waals surface area contributed by atoms with Crippen LogP contribution in [-0.4, -0.2) is 84.0 Å². The highest BCUT2D eigenvalue weighted by molar-refractivity contribution is 7.99. The van der Waals surface area contributed by atoms with Crippen molar-refractivity contribution in [2.45, 2.75) is 26.3 Å². The molecule has 0 bridgehead atoms. The number of halogens is 4. The molecule has 0 radical (unpaired) electrons. The standard InChI is InChI=1S/C28H33Cl2N3OS.2ClH/c1-21-5-6-23(15-22(21)2)16-27-20-32(8-4-3-7-31-11-13-35-14-12-31)9-10-33(27)28(34)24-17-25(29)19-26(30)18-24;;/h5-6,15,17-19,27H,7-14,16,20H2,1-2H3;2*1H/t27-;;/m1../s1. The number of piperazine rings is 1. The maximum absolute atomic E-state index is 13.5. The number of aryl methyl sites for hydroxylation is 2. The van der Waals surface area contributed by atoms with Crippen molar-refractivity contribution in [3.05, 3.63) is 68.7 Å². The second-order valence-electron chi connectivity index (χ2n) is 9.41. The monoisotopic (exact) mass is 601 g/mol. The number of rotatable bonds is 5. The summed E-state index contributed by atoms with van der Waals surface area (Å²) in [5.74, 6) is 9.14. The summed E-state index contributed by atoms with van der Waals surface area (Å²) >= 11 is 14.4. The molecule has 2 saturated heterocycles. The van der Waals surface area contributed by atoms with Gasteiger partial charge in [-0.1, -0.05) is 53.2 Å². The highest BCUT2D eigenvalue weighted by Gasteiger charge is 2.31. The lowest BCUT2D eigenvalue weighted by molar-refractivity contribution is 0.0480. The Morgan fingerprint density at radius 3 is 2.19 bits per heavy atom. The molecule has 2 fully saturated rings. The van der Waals surface area contributed by atoms with Crippen LogP contribution in [0.3, 0.4) is 0 Å². The summed E-state index contributed by atoms with van der Waals surface area (Å²) in [6.07, 6.45) is 0.802. The quantitative estimate of drug-likeness (QED) is 0.400. The zero-order valence-corrected chi connectivity index (χ0v) is 25.3. The molecule has 37 heavy (non-hydrogen) atoms. The Labute approximate surface area is 248 Å². The van der Waals surface area contributed by atoms with E-state index in [0.717, 1.165) is 45.7 Å². The number of thioether (sulfide) groups is 1. The molecular formula is C28H35Cl4N3OS. The van der Waals surface area contributed by atoms with Crippen LogP contribution in [0.15, 0.2) is 36.4 Å². The predicted octanol–water partition coefficient (Wildman–Crippen LogP) is 5.88. The lowest BCUT2D eigenvalue weighted by Gasteiger charge is -2.41. The summed E-state index contributed by atoms with van der Waals surface area (Å²) in [5, 5.41) is 0.959. The topological polar surface area (TPSA) is 26.8 Å². The number of hydrogen-bond donors (Lipinski definition) is 0. The van der Waals surface area contributed by atoms with Crippen LogP contribution in [0, 0.1) is 25.7 Å². The molecule has 2 aliphatic rings. The summed E-state index contributed by atoms with van der Waals surface area (Å²) < 4.78 is 0. The zero-order chi connectivity index (χ0) is 24.8. The van der Waals surface area contributed by atoms with Gasteiger partial charge in [0.15, 0.2) is 0 Å². The molecule has 2 aliphatic heterocycles. The van der Waals surface area contributed by atoms with E-state index in [0.29, 0.717) is 22.2 Å². The molecule has 0 unspecified atom stereocenters. The van der Waals surface area contributed by atoms with Gasteiger partial charge in [-0.15, -0.1) is 24.8 Å².